The van der Waals surface area contributed by atoms with Gasteiger partial charge in [-0.05, 0) is 50.1 Å². The summed E-state index contributed by atoms with van der Waals surface area (Å²) in [5.41, 5.74) is 8.23. The summed E-state index contributed by atoms with van der Waals surface area (Å²) < 4.78 is 5.76. The second-order valence-electron chi connectivity index (χ2n) is 5.85. The fourth-order valence-electron chi connectivity index (χ4n) is 2.13. The quantitative estimate of drug-likeness (QED) is 0.729. The van der Waals surface area contributed by atoms with Crippen molar-refractivity contribution in [3.63, 3.8) is 0 Å². The molecule has 2 rings (SSSR count). The van der Waals surface area contributed by atoms with Crippen molar-refractivity contribution in [1.82, 2.24) is 0 Å². The van der Waals surface area contributed by atoms with Crippen LogP contribution in [0.1, 0.15) is 38.8 Å². The Morgan fingerprint density at radius 1 is 1.08 bits per heavy atom. The van der Waals surface area contributed by atoms with Crippen molar-refractivity contribution in [3.8, 4) is 5.75 Å². The van der Waals surface area contributed by atoms with Crippen LogP contribution in [0.4, 0.5) is 16.2 Å². The highest BCUT2D eigenvalue weighted by molar-refractivity contribution is 5.99. The molecule has 0 saturated heterocycles. The molecule has 2 unspecified atom stereocenters. The summed E-state index contributed by atoms with van der Waals surface area (Å²) in [6, 6.07) is 14.5. The first-order chi connectivity index (χ1) is 11.5. The SMILES string of the molecule is CCC(C)Oc1cccc(NC(=O)Nc2ccc(C(C)N)cc2)c1. The van der Waals surface area contributed by atoms with Crippen LogP contribution in [0.5, 0.6) is 5.75 Å². The van der Waals surface area contributed by atoms with Gasteiger partial charge in [-0.2, -0.15) is 0 Å². The number of nitrogens with one attached hydrogen (secondary N) is 2. The van der Waals surface area contributed by atoms with Gasteiger partial charge in [0.1, 0.15) is 5.75 Å². The maximum atomic E-state index is 12.1. The zero-order valence-electron chi connectivity index (χ0n) is 14.4. The van der Waals surface area contributed by atoms with Crippen molar-refractivity contribution < 1.29 is 9.53 Å². The van der Waals surface area contributed by atoms with E-state index in [0.717, 1.165) is 17.7 Å². The van der Waals surface area contributed by atoms with Crippen LogP contribution in [0.15, 0.2) is 48.5 Å². The third-order valence-corrected chi connectivity index (χ3v) is 3.70. The van der Waals surface area contributed by atoms with E-state index in [2.05, 4.69) is 17.6 Å². The van der Waals surface area contributed by atoms with E-state index < -0.39 is 0 Å². The van der Waals surface area contributed by atoms with Gasteiger partial charge in [-0.3, -0.25) is 0 Å². The van der Waals surface area contributed by atoms with Crippen LogP contribution in [0.25, 0.3) is 0 Å². The second-order valence-corrected chi connectivity index (χ2v) is 5.85. The number of hydrogen-bond donors (Lipinski definition) is 3. The molecule has 2 amide bonds. The Labute approximate surface area is 143 Å². The van der Waals surface area contributed by atoms with E-state index in [0.29, 0.717) is 11.4 Å². The third kappa shape index (κ3) is 5.28. The first-order valence-electron chi connectivity index (χ1n) is 8.18. The molecule has 128 valence electrons. The summed E-state index contributed by atoms with van der Waals surface area (Å²) in [7, 11) is 0. The molecule has 5 nitrogen and oxygen atoms in total. The number of urea groups is 1. The maximum absolute atomic E-state index is 12.1. The summed E-state index contributed by atoms with van der Waals surface area (Å²) in [6.45, 7) is 6.00. The van der Waals surface area contributed by atoms with Gasteiger partial charge >= 0.3 is 6.03 Å². The Bertz CT molecular complexity index is 669. The predicted octanol–water partition coefficient (Wildman–Crippen LogP) is 4.53. The lowest BCUT2D eigenvalue weighted by atomic mass is 10.1. The lowest BCUT2D eigenvalue weighted by molar-refractivity contribution is 0.217. The molecular weight excluding hydrogens is 302 g/mol. The van der Waals surface area contributed by atoms with Gasteiger partial charge in [0, 0.05) is 23.5 Å². The minimum atomic E-state index is -0.302. The van der Waals surface area contributed by atoms with E-state index in [4.69, 9.17) is 10.5 Å². The van der Waals surface area contributed by atoms with E-state index in [-0.39, 0.29) is 18.2 Å². The Balaban J connectivity index is 1.95. The number of hydrogen-bond acceptors (Lipinski definition) is 3. The first kappa shape index (κ1) is 17.8. The number of ether oxygens (including phenoxy) is 1. The molecule has 0 aromatic heterocycles. The Morgan fingerprint density at radius 3 is 2.38 bits per heavy atom. The number of benzene rings is 2. The molecule has 0 fully saturated rings. The Morgan fingerprint density at radius 2 is 1.75 bits per heavy atom. The number of carbonyl (C=O) groups excluding carboxylic acids is 1. The molecule has 0 aliphatic heterocycles. The Hall–Kier alpha value is -2.53. The van der Waals surface area contributed by atoms with E-state index in [1.54, 1.807) is 0 Å². The van der Waals surface area contributed by atoms with Crippen molar-refractivity contribution in [1.29, 1.82) is 0 Å². The van der Waals surface area contributed by atoms with Crippen LogP contribution < -0.4 is 21.1 Å². The number of amides is 2. The molecule has 0 heterocycles. The van der Waals surface area contributed by atoms with Crippen LogP contribution in [-0.2, 0) is 0 Å². The average Bonchev–Trinajstić information content (AvgIpc) is 2.55. The van der Waals surface area contributed by atoms with Gasteiger partial charge in [-0.15, -0.1) is 0 Å². The maximum Gasteiger partial charge on any atom is 0.323 e. The van der Waals surface area contributed by atoms with Crippen molar-refractivity contribution in [2.75, 3.05) is 10.6 Å². The largest absolute Gasteiger partial charge is 0.491 e. The minimum Gasteiger partial charge on any atom is -0.491 e. The molecule has 2 aromatic rings. The molecular formula is C19H25N3O2. The molecule has 24 heavy (non-hydrogen) atoms. The van der Waals surface area contributed by atoms with E-state index in [1.807, 2.05) is 62.4 Å². The summed E-state index contributed by atoms with van der Waals surface area (Å²) in [5, 5.41) is 5.60. The molecule has 4 N–H and O–H groups in total. The first-order valence-corrected chi connectivity index (χ1v) is 8.18. The fraction of sp³-hybridized carbons (Fsp3) is 0.316. The molecule has 0 aliphatic carbocycles. The van der Waals surface area contributed by atoms with Crippen molar-refractivity contribution in [2.24, 2.45) is 5.73 Å². The lowest BCUT2D eigenvalue weighted by Gasteiger charge is -2.14. The van der Waals surface area contributed by atoms with Gasteiger partial charge in [0.2, 0.25) is 0 Å². The standard InChI is InChI=1S/C19H25N3O2/c1-4-13(2)24-18-7-5-6-17(12-18)22-19(23)21-16-10-8-15(9-11-16)14(3)20/h5-14H,4,20H2,1-3H3,(H2,21,22,23). The summed E-state index contributed by atoms with van der Waals surface area (Å²) >= 11 is 0. The summed E-state index contributed by atoms with van der Waals surface area (Å²) in [6.07, 6.45) is 1.06. The summed E-state index contributed by atoms with van der Waals surface area (Å²) in [5.74, 6) is 0.739. The molecule has 0 saturated carbocycles. The van der Waals surface area contributed by atoms with Gasteiger partial charge in [0.05, 0.1) is 6.10 Å². The molecule has 0 radical (unpaired) electrons. The molecule has 0 aliphatic rings. The van der Waals surface area contributed by atoms with Gasteiger partial charge < -0.3 is 21.1 Å². The van der Waals surface area contributed by atoms with Crippen molar-refractivity contribution >= 4 is 17.4 Å². The molecule has 5 heteroatoms. The van der Waals surface area contributed by atoms with Gasteiger partial charge in [0.25, 0.3) is 0 Å². The van der Waals surface area contributed by atoms with E-state index >= 15 is 0 Å². The highest BCUT2D eigenvalue weighted by Gasteiger charge is 2.06. The topological polar surface area (TPSA) is 76.4 Å². The van der Waals surface area contributed by atoms with Gasteiger partial charge in [-0.1, -0.05) is 25.1 Å². The summed E-state index contributed by atoms with van der Waals surface area (Å²) in [4.78, 5) is 12.1. The van der Waals surface area contributed by atoms with Crippen LogP contribution in [0.2, 0.25) is 0 Å². The van der Waals surface area contributed by atoms with Crippen molar-refractivity contribution in [2.45, 2.75) is 39.3 Å². The Kier molecular flexibility index (Phi) is 6.21. The molecule has 2 aromatic carbocycles. The number of anilines is 2. The highest BCUT2D eigenvalue weighted by Crippen LogP contribution is 2.20. The number of nitrogens with two attached hydrogens (primary N) is 1. The van der Waals surface area contributed by atoms with Crippen LogP contribution >= 0.6 is 0 Å². The molecule has 0 bridgehead atoms. The van der Waals surface area contributed by atoms with E-state index in [9.17, 15) is 4.79 Å². The zero-order chi connectivity index (χ0) is 17.5. The highest BCUT2D eigenvalue weighted by atomic mass is 16.5. The number of rotatable bonds is 6. The van der Waals surface area contributed by atoms with Gasteiger partial charge in [0.15, 0.2) is 0 Å². The zero-order valence-corrected chi connectivity index (χ0v) is 14.4. The smallest absolute Gasteiger partial charge is 0.323 e. The predicted molar refractivity (Wildman–Crippen MR) is 98.5 cm³/mol. The van der Waals surface area contributed by atoms with Crippen LogP contribution in [-0.4, -0.2) is 12.1 Å². The lowest BCUT2D eigenvalue weighted by Crippen LogP contribution is -2.19. The second kappa shape index (κ2) is 8.36. The van der Waals surface area contributed by atoms with Crippen LogP contribution in [0.3, 0.4) is 0 Å². The van der Waals surface area contributed by atoms with Crippen LogP contribution in [0, 0.1) is 0 Å². The third-order valence-electron chi connectivity index (χ3n) is 3.70. The van der Waals surface area contributed by atoms with E-state index in [1.165, 1.54) is 0 Å². The number of carbonyl (C=O) groups is 1. The molecule has 0 spiro atoms. The normalized spacial score (nSPS) is 13.0. The van der Waals surface area contributed by atoms with Gasteiger partial charge in [-0.25, -0.2) is 4.79 Å². The fourth-order valence-corrected chi connectivity index (χ4v) is 2.13. The monoisotopic (exact) mass is 327 g/mol. The minimum absolute atomic E-state index is 0.0267. The van der Waals surface area contributed by atoms with Crippen molar-refractivity contribution in [3.05, 3.63) is 54.1 Å². The molecule has 2 atom stereocenters. The average molecular weight is 327 g/mol.